The number of hydrogen-bond acceptors (Lipinski definition) is 2. The third kappa shape index (κ3) is 2.90. The normalized spacial score (nSPS) is 11.4. The predicted octanol–water partition coefficient (Wildman–Crippen LogP) is 3.42. The molecule has 0 aliphatic heterocycles. The van der Waals surface area contributed by atoms with E-state index in [-0.39, 0.29) is 6.04 Å². The van der Waals surface area contributed by atoms with Crippen LogP contribution in [0.25, 0.3) is 0 Å². The highest BCUT2D eigenvalue weighted by atomic mass is 16.1. The molecule has 0 saturated heterocycles. The average Bonchev–Trinajstić information content (AvgIpc) is 2.26. The first kappa shape index (κ1) is 11.4. The first-order valence-corrected chi connectivity index (χ1v) is 4.92. The number of isocyanates is 1. The largest absolute Gasteiger partial charge is 0.235 e. The molecule has 0 amide bonds. The topological polar surface area (TPSA) is 29.4 Å². The van der Waals surface area contributed by atoms with Crippen LogP contribution in [0.4, 0.5) is 0 Å². The van der Waals surface area contributed by atoms with Gasteiger partial charge in [0.2, 0.25) is 6.08 Å². The Morgan fingerprint density at radius 1 is 1.20 bits per heavy atom. The lowest BCUT2D eigenvalue weighted by Gasteiger charge is -2.13. The fourth-order valence-corrected chi connectivity index (χ4v) is 1.38. The van der Waals surface area contributed by atoms with E-state index in [0.717, 1.165) is 11.1 Å². The number of hydrogen-bond donors (Lipinski definition) is 0. The number of nitrogens with zero attached hydrogens (tertiary/aromatic N) is 1. The van der Waals surface area contributed by atoms with Crippen LogP contribution in [0.3, 0.4) is 0 Å². The SMILES string of the molecule is CC(C)=C(C)C(N=C=O)c1ccccc1. The monoisotopic (exact) mass is 201 g/mol. The highest BCUT2D eigenvalue weighted by Crippen LogP contribution is 2.26. The second-order valence-electron chi connectivity index (χ2n) is 3.72. The standard InChI is InChI=1S/C13H15NO/c1-10(2)11(3)13(14-9-15)12-7-5-4-6-8-12/h4-8,13H,1-3H3. The third-order valence-electron chi connectivity index (χ3n) is 2.50. The van der Waals surface area contributed by atoms with Gasteiger partial charge in [0.1, 0.15) is 6.04 Å². The summed E-state index contributed by atoms with van der Waals surface area (Å²) in [6.07, 6.45) is 1.64. The van der Waals surface area contributed by atoms with Crippen LogP contribution < -0.4 is 0 Å². The lowest BCUT2D eigenvalue weighted by Crippen LogP contribution is -1.98. The fourth-order valence-electron chi connectivity index (χ4n) is 1.38. The van der Waals surface area contributed by atoms with Crippen molar-refractivity contribution < 1.29 is 4.79 Å². The molecule has 1 aromatic carbocycles. The van der Waals surface area contributed by atoms with E-state index in [4.69, 9.17) is 0 Å². The van der Waals surface area contributed by atoms with Gasteiger partial charge in [-0.3, -0.25) is 0 Å². The van der Waals surface area contributed by atoms with E-state index in [1.54, 1.807) is 6.08 Å². The van der Waals surface area contributed by atoms with Gasteiger partial charge in [-0.2, -0.15) is 4.99 Å². The van der Waals surface area contributed by atoms with E-state index < -0.39 is 0 Å². The quantitative estimate of drug-likeness (QED) is 0.418. The Morgan fingerprint density at radius 2 is 1.80 bits per heavy atom. The lowest BCUT2D eigenvalue weighted by atomic mass is 9.97. The maximum absolute atomic E-state index is 10.4. The number of rotatable bonds is 3. The van der Waals surface area contributed by atoms with Crippen molar-refractivity contribution >= 4 is 6.08 Å². The molecule has 2 nitrogen and oxygen atoms in total. The summed E-state index contributed by atoms with van der Waals surface area (Å²) in [6, 6.07) is 9.59. The molecule has 0 aromatic heterocycles. The molecule has 78 valence electrons. The Bertz CT molecular complexity index is 396. The zero-order valence-electron chi connectivity index (χ0n) is 9.32. The molecule has 0 fully saturated rings. The van der Waals surface area contributed by atoms with Gasteiger partial charge in [0, 0.05) is 0 Å². The molecule has 1 aromatic rings. The average molecular weight is 201 g/mol. The van der Waals surface area contributed by atoms with E-state index in [2.05, 4.69) is 4.99 Å². The van der Waals surface area contributed by atoms with Crippen LogP contribution in [-0.2, 0) is 4.79 Å². The van der Waals surface area contributed by atoms with Crippen LogP contribution in [0.15, 0.2) is 46.5 Å². The first-order valence-electron chi connectivity index (χ1n) is 4.92. The molecule has 0 bridgehead atoms. The lowest BCUT2D eigenvalue weighted by molar-refractivity contribution is 0.560. The molecule has 0 aliphatic carbocycles. The number of benzene rings is 1. The van der Waals surface area contributed by atoms with Crippen molar-refractivity contribution in [2.24, 2.45) is 4.99 Å². The van der Waals surface area contributed by atoms with Crippen LogP contribution >= 0.6 is 0 Å². The molecule has 1 rings (SSSR count). The summed E-state index contributed by atoms with van der Waals surface area (Å²) in [5.74, 6) is 0. The molecule has 0 saturated carbocycles. The molecule has 2 heteroatoms. The van der Waals surface area contributed by atoms with Crippen molar-refractivity contribution in [3.8, 4) is 0 Å². The van der Waals surface area contributed by atoms with Crippen LogP contribution in [0.5, 0.6) is 0 Å². The molecule has 15 heavy (non-hydrogen) atoms. The van der Waals surface area contributed by atoms with Crippen LogP contribution in [0.2, 0.25) is 0 Å². The maximum Gasteiger partial charge on any atom is 0.235 e. The summed E-state index contributed by atoms with van der Waals surface area (Å²) in [4.78, 5) is 14.3. The van der Waals surface area contributed by atoms with Crippen molar-refractivity contribution in [2.75, 3.05) is 0 Å². The minimum Gasteiger partial charge on any atom is -0.211 e. The number of carbonyl (C=O) groups excluding carboxylic acids is 1. The van der Waals surface area contributed by atoms with Gasteiger partial charge >= 0.3 is 0 Å². The summed E-state index contributed by atoms with van der Waals surface area (Å²) in [5, 5.41) is 0. The van der Waals surface area contributed by atoms with Gasteiger partial charge in [-0.25, -0.2) is 4.79 Å². The zero-order chi connectivity index (χ0) is 11.3. The van der Waals surface area contributed by atoms with Crippen LogP contribution in [0, 0.1) is 0 Å². The second-order valence-corrected chi connectivity index (χ2v) is 3.72. The van der Waals surface area contributed by atoms with Crippen LogP contribution in [0.1, 0.15) is 32.4 Å². The molecule has 1 unspecified atom stereocenters. The summed E-state index contributed by atoms with van der Waals surface area (Å²) >= 11 is 0. The van der Waals surface area contributed by atoms with Crippen molar-refractivity contribution in [3.05, 3.63) is 47.0 Å². The number of allylic oxidation sites excluding steroid dienone is 1. The van der Waals surface area contributed by atoms with Crippen molar-refractivity contribution in [2.45, 2.75) is 26.8 Å². The highest BCUT2D eigenvalue weighted by Gasteiger charge is 2.12. The van der Waals surface area contributed by atoms with Crippen molar-refractivity contribution in [3.63, 3.8) is 0 Å². The first-order chi connectivity index (χ1) is 7.16. The Balaban J connectivity index is 3.16. The minimum absolute atomic E-state index is 0.186. The van der Waals surface area contributed by atoms with Crippen LogP contribution in [-0.4, -0.2) is 6.08 Å². The van der Waals surface area contributed by atoms with E-state index in [1.807, 2.05) is 51.1 Å². The number of aliphatic imine (C=N–C) groups is 1. The molecule has 0 radical (unpaired) electrons. The van der Waals surface area contributed by atoms with Gasteiger partial charge in [0.15, 0.2) is 0 Å². The molecular weight excluding hydrogens is 186 g/mol. The molecule has 0 heterocycles. The van der Waals surface area contributed by atoms with E-state index in [1.165, 1.54) is 5.57 Å². The van der Waals surface area contributed by atoms with E-state index in [0.29, 0.717) is 0 Å². The third-order valence-corrected chi connectivity index (χ3v) is 2.50. The van der Waals surface area contributed by atoms with Gasteiger partial charge in [0.05, 0.1) is 0 Å². The maximum atomic E-state index is 10.4. The highest BCUT2D eigenvalue weighted by molar-refractivity contribution is 5.39. The van der Waals surface area contributed by atoms with Crippen molar-refractivity contribution in [1.82, 2.24) is 0 Å². The molecule has 1 atom stereocenters. The summed E-state index contributed by atoms with van der Waals surface area (Å²) in [6.45, 7) is 6.03. The van der Waals surface area contributed by atoms with Gasteiger partial charge in [-0.05, 0) is 31.9 Å². The van der Waals surface area contributed by atoms with Gasteiger partial charge in [-0.15, -0.1) is 0 Å². The molecule has 0 aliphatic rings. The summed E-state index contributed by atoms with van der Waals surface area (Å²) in [7, 11) is 0. The second kappa shape index (κ2) is 5.28. The van der Waals surface area contributed by atoms with Crippen molar-refractivity contribution in [1.29, 1.82) is 0 Å². The zero-order valence-corrected chi connectivity index (χ0v) is 9.32. The predicted molar refractivity (Wildman–Crippen MR) is 61.4 cm³/mol. The molecule has 0 N–H and O–H groups in total. The minimum atomic E-state index is -0.186. The molecular formula is C13H15NO. The van der Waals surface area contributed by atoms with Gasteiger partial charge in [-0.1, -0.05) is 35.9 Å². The Morgan fingerprint density at radius 3 is 2.27 bits per heavy atom. The molecule has 0 spiro atoms. The smallest absolute Gasteiger partial charge is 0.211 e. The van der Waals surface area contributed by atoms with E-state index in [9.17, 15) is 4.79 Å². The fraction of sp³-hybridized carbons (Fsp3) is 0.308. The van der Waals surface area contributed by atoms with E-state index >= 15 is 0 Å². The van der Waals surface area contributed by atoms with Gasteiger partial charge < -0.3 is 0 Å². The Labute approximate surface area is 90.4 Å². The van der Waals surface area contributed by atoms with Gasteiger partial charge in [0.25, 0.3) is 0 Å². The Hall–Kier alpha value is -1.66. The summed E-state index contributed by atoms with van der Waals surface area (Å²) in [5.41, 5.74) is 3.31. The Kier molecular flexibility index (Phi) is 4.02. The summed E-state index contributed by atoms with van der Waals surface area (Å²) < 4.78 is 0.